The molecule has 0 bridgehead atoms. The van der Waals surface area contributed by atoms with Crippen LogP contribution in [0.2, 0.25) is 0 Å². The van der Waals surface area contributed by atoms with E-state index in [1.807, 2.05) is 10.8 Å². The van der Waals surface area contributed by atoms with E-state index in [0.717, 1.165) is 18.9 Å². The molecule has 3 aromatic rings. The summed E-state index contributed by atoms with van der Waals surface area (Å²) in [6, 6.07) is 0.237. The van der Waals surface area contributed by atoms with Crippen molar-refractivity contribution in [2.45, 2.75) is 25.4 Å². The quantitative estimate of drug-likeness (QED) is 0.552. The molecule has 0 saturated heterocycles. The number of nitrogens with one attached hydrogen (secondary N) is 3. The minimum Gasteiger partial charge on any atom is -0.352 e. The fourth-order valence-electron chi connectivity index (χ4n) is 2.27. The standard InChI is InChI=1S/C9H11N11/c1-2-20-4-6(8-14-18-19-15-8)11-9(20)10-5(1)3-7-12-16-17-13-7/h4-5H,1-3H2,(H,10,11)(H,12,13,16,17)(H,14,15,18,19). The lowest BCUT2D eigenvalue weighted by Gasteiger charge is -2.24. The molecule has 11 heteroatoms. The lowest BCUT2D eigenvalue weighted by molar-refractivity contribution is 0.517. The van der Waals surface area contributed by atoms with Crippen molar-refractivity contribution in [3.63, 3.8) is 0 Å². The number of anilines is 1. The number of fused-ring (bicyclic) bond motifs is 1. The van der Waals surface area contributed by atoms with Crippen molar-refractivity contribution in [3.05, 3.63) is 12.0 Å². The van der Waals surface area contributed by atoms with Crippen molar-refractivity contribution in [2.75, 3.05) is 5.32 Å². The molecule has 20 heavy (non-hydrogen) atoms. The highest BCUT2D eigenvalue weighted by Crippen LogP contribution is 2.23. The van der Waals surface area contributed by atoms with Crippen LogP contribution in [0.4, 0.5) is 5.95 Å². The average Bonchev–Trinajstić information content (AvgIpc) is 3.19. The minimum atomic E-state index is 0.237. The Kier molecular flexibility index (Phi) is 2.40. The molecule has 0 aromatic carbocycles. The van der Waals surface area contributed by atoms with E-state index in [1.54, 1.807) is 0 Å². The molecule has 4 heterocycles. The van der Waals surface area contributed by atoms with Gasteiger partial charge in [-0.25, -0.2) is 4.98 Å². The van der Waals surface area contributed by atoms with E-state index in [0.29, 0.717) is 23.8 Å². The zero-order chi connectivity index (χ0) is 13.4. The molecule has 3 aromatic heterocycles. The van der Waals surface area contributed by atoms with Gasteiger partial charge in [-0.15, -0.1) is 20.4 Å². The fraction of sp³-hybridized carbons (Fsp3) is 0.444. The first-order chi connectivity index (χ1) is 9.88. The molecule has 3 N–H and O–H groups in total. The summed E-state index contributed by atoms with van der Waals surface area (Å²) in [5.74, 6) is 1.98. The molecule has 0 amide bonds. The predicted molar refractivity (Wildman–Crippen MR) is 65.3 cm³/mol. The summed E-state index contributed by atoms with van der Waals surface area (Å²) in [5, 5.41) is 31.1. The number of rotatable bonds is 3. The molecule has 0 saturated carbocycles. The fourth-order valence-corrected chi connectivity index (χ4v) is 2.27. The number of tetrazole rings is 2. The molecular formula is C9H11N11. The molecule has 4 rings (SSSR count). The highest BCUT2D eigenvalue weighted by molar-refractivity contribution is 5.51. The average molecular weight is 273 g/mol. The van der Waals surface area contributed by atoms with Crippen LogP contribution in [0.15, 0.2) is 6.20 Å². The van der Waals surface area contributed by atoms with Crippen molar-refractivity contribution in [2.24, 2.45) is 0 Å². The number of nitrogens with zero attached hydrogens (tertiary/aromatic N) is 8. The van der Waals surface area contributed by atoms with E-state index in [4.69, 9.17) is 0 Å². The van der Waals surface area contributed by atoms with Gasteiger partial charge in [0.05, 0.1) is 0 Å². The van der Waals surface area contributed by atoms with Crippen LogP contribution in [0.3, 0.4) is 0 Å². The number of hydrogen-bond acceptors (Lipinski definition) is 8. The second-order valence-electron chi connectivity index (χ2n) is 4.54. The highest BCUT2D eigenvalue weighted by Gasteiger charge is 2.22. The van der Waals surface area contributed by atoms with Crippen molar-refractivity contribution in [3.8, 4) is 11.5 Å². The maximum atomic E-state index is 4.48. The number of aromatic nitrogens is 10. The largest absolute Gasteiger partial charge is 0.352 e. The smallest absolute Gasteiger partial charge is 0.224 e. The van der Waals surface area contributed by atoms with Crippen LogP contribution in [0, 0.1) is 0 Å². The molecule has 1 unspecified atom stereocenters. The first-order valence-electron chi connectivity index (χ1n) is 6.18. The number of hydrogen-bond donors (Lipinski definition) is 3. The Hall–Kier alpha value is -2.85. The van der Waals surface area contributed by atoms with Crippen molar-refractivity contribution >= 4 is 5.95 Å². The van der Waals surface area contributed by atoms with Gasteiger partial charge in [-0.1, -0.05) is 5.21 Å². The van der Waals surface area contributed by atoms with Gasteiger partial charge in [-0.2, -0.15) is 10.4 Å². The number of H-pyrrole nitrogens is 2. The minimum absolute atomic E-state index is 0.237. The lowest BCUT2D eigenvalue weighted by atomic mass is 10.1. The Morgan fingerprint density at radius 2 is 2.10 bits per heavy atom. The molecule has 0 radical (unpaired) electrons. The monoisotopic (exact) mass is 273 g/mol. The van der Waals surface area contributed by atoms with Gasteiger partial charge in [0.15, 0.2) is 5.82 Å². The van der Waals surface area contributed by atoms with Crippen LogP contribution in [0.5, 0.6) is 0 Å². The molecule has 1 aliphatic rings. The maximum Gasteiger partial charge on any atom is 0.224 e. The van der Waals surface area contributed by atoms with Gasteiger partial charge < -0.3 is 9.88 Å². The van der Waals surface area contributed by atoms with Crippen molar-refractivity contribution in [1.29, 1.82) is 0 Å². The van der Waals surface area contributed by atoms with Gasteiger partial charge in [0.1, 0.15) is 5.69 Å². The van der Waals surface area contributed by atoms with Crippen LogP contribution in [-0.2, 0) is 13.0 Å². The SMILES string of the molecule is c1c(-c2nn[nH]n2)nc2n1CCC(Cc1nn[nH]n1)N2. The number of aromatic amines is 2. The zero-order valence-electron chi connectivity index (χ0n) is 10.4. The predicted octanol–water partition coefficient (Wildman–Crippen LogP) is -0.997. The molecular weight excluding hydrogens is 262 g/mol. The first kappa shape index (κ1) is 11.0. The molecule has 1 aliphatic heterocycles. The normalized spacial score (nSPS) is 17.7. The Labute approximate surface area is 112 Å². The third-order valence-corrected chi connectivity index (χ3v) is 3.22. The van der Waals surface area contributed by atoms with Crippen LogP contribution in [0.1, 0.15) is 12.2 Å². The van der Waals surface area contributed by atoms with Gasteiger partial charge in [0, 0.05) is 25.2 Å². The van der Waals surface area contributed by atoms with Gasteiger partial charge in [0.2, 0.25) is 11.8 Å². The lowest BCUT2D eigenvalue weighted by Crippen LogP contribution is -2.30. The topological polar surface area (TPSA) is 139 Å². The van der Waals surface area contributed by atoms with Gasteiger partial charge in [-0.3, -0.25) is 0 Å². The van der Waals surface area contributed by atoms with Crippen LogP contribution in [-0.4, -0.2) is 56.8 Å². The summed E-state index contributed by atoms with van der Waals surface area (Å²) in [7, 11) is 0. The maximum absolute atomic E-state index is 4.48. The van der Waals surface area contributed by atoms with E-state index in [1.165, 1.54) is 0 Å². The highest BCUT2D eigenvalue weighted by atomic mass is 15.5. The zero-order valence-corrected chi connectivity index (χ0v) is 10.4. The number of imidazole rings is 1. The molecule has 11 nitrogen and oxygen atoms in total. The Morgan fingerprint density at radius 1 is 1.20 bits per heavy atom. The summed E-state index contributed by atoms with van der Waals surface area (Å²) in [5.41, 5.74) is 0.696. The van der Waals surface area contributed by atoms with E-state index >= 15 is 0 Å². The second-order valence-corrected chi connectivity index (χ2v) is 4.54. The Morgan fingerprint density at radius 3 is 2.90 bits per heavy atom. The molecule has 102 valence electrons. The van der Waals surface area contributed by atoms with Crippen LogP contribution in [0.25, 0.3) is 11.5 Å². The van der Waals surface area contributed by atoms with Crippen LogP contribution >= 0.6 is 0 Å². The molecule has 0 spiro atoms. The van der Waals surface area contributed by atoms with Gasteiger partial charge >= 0.3 is 0 Å². The van der Waals surface area contributed by atoms with E-state index in [-0.39, 0.29) is 6.04 Å². The van der Waals surface area contributed by atoms with Crippen molar-refractivity contribution < 1.29 is 0 Å². The third-order valence-electron chi connectivity index (χ3n) is 3.22. The van der Waals surface area contributed by atoms with E-state index < -0.39 is 0 Å². The molecule has 0 aliphatic carbocycles. The summed E-state index contributed by atoms with van der Waals surface area (Å²) in [6.07, 6.45) is 3.59. The summed E-state index contributed by atoms with van der Waals surface area (Å²) in [4.78, 5) is 4.48. The summed E-state index contributed by atoms with van der Waals surface area (Å²) in [6.45, 7) is 0.871. The van der Waals surface area contributed by atoms with E-state index in [2.05, 4.69) is 51.5 Å². The summed E-state index contributed by atoms with van der Waals surface area (Å²) < 4.78 is 2.04. The first-order valence-corrected chi connectivity index (χ1v) is 6.18. The summed E-state index contributed by atoms with van der Waals surface area (Å²) >= 11 is 0. The third kappa shape index (κ3) is 1.88. The Balaban J connectivity index is 1.54. The van der Waals surface area contributed by atoms with Crippen molar-refractivity contribution in [1.82, 2.24) is 50.8 Å². The molecule has 1 atom stereocenters. The van der Waals surface area contributed by atoms with Gasteiger partial charge in [0.25, 0.3) is 0 Å². The Bertz CT molecular complexity index is 682. The second kappa shape index (κ2) is 4.36. The van der Waals surface area contributed by atoms with E-state index in [9.17, 15) is 0 Å². The molecule has 0 fully saturated rings. The van der Waals surface area contributed by atoms with Crippen LogP contribution < -0.4 is 5.32 Å². The van der Waals surface area contributed by atoms with Gasteiger partial charge in [-0.05, 0) is 11.6 Å². The number of aryl methyl sites for hydroxylation is 1.